The summed E-state index contributed by atoms with van der Waals surface area (Å²) in [6, 6.07) is 5.44. The zero-order valence-corrected chi connectivity index (χ0v) is 8.69. The Balaban J connectivity index is 2.14. The van der Waals surface area contributed by atoms with E-state index in [1.165, 1.54) is 7.11 Å². The second-order valence-corrected chi connectivity index (χ2v) is 3.92. The molecule has 0 bridgehead atoms. The van der Waals surface area contributed by atoms with Gasteiger partial charge in [0.2, 0.25) is 0 Å². The first-order valence-corrected chi connectivity index (χ1v) is 5.09. The third-order valence-electron chi connectivity index (χ3n) is 2.69. The lowest BCUT2D eigenvalue weighted by Crippen LogP contribution is -2.04. The van der Waals surface area contributed by atoms with Crippen molar-refractivity contribution in [2.75, 3.05) is 7.11 Å². The van der Waals surface area contributed by atoms with Crippen LogP contribution >= 0.6 is 0 Å². The van der Waals surface area contributed by atoms with Crippen LogP contribution in [0.15, 0.2) is 18.2 Å². The van der Waals surface area contributed by atoms with Crippen molar-refractivity contribution in [1.29, 1.82) is 0 Å². The van der Waals surface area contributed by atoms with Gasteiger partial charge in [0.05, 0.1) is 13.5 Å². The molecule has 0 aromatic heterocycles. The minimum Gasteiger partial charge on any atom is -0.508 e. The maximum atomic E-state index is 11.0. The van der Waals surface area contributed by atoms with Gasteiger partial charge in [-0.25, -0.2) is 0 Å². The Hall–Kier alpha value is -1.51. The molecule has 3 heteroatoms. The van der Waals surface area contributed by atoms with E-state index >= 15 is 0 Å². The standard InChI is InChI=1S/C12H14O3/c1-15-12(14)7-8-2-5-10(9-3-4-9)11(13)6-8/h2,5-6,9,13H,3-4,7H2,1H3. The lowest BCUT2D eigenvalue weighted by atomic mass is 10.0. The van der Waals surface area contributed by atoms with E-state index in [1.807, 2.05) is 12.1 Å². The van der Waals surface area contributed by atoms with Crippen LogP contribution in [0.2, 0.25) is 0 Å². The van der Waals surface area contributed by atoms with Gasteiger partial charge in [-0.2, -0.15) is 0 Å². The highest BCUT2D eigenvalue weighted by Gasteiger charge is 2.26. The third kappa shape index (κ3) is 2.29. The topological polar surface area (TPSA) is 46.5 Å². The summed E-state index contributed by atoms with van der Waals surface area (Å²) in [6.45, 7) is 0. The molecule has 1 aromatic rings. The van der Waals surface area contributed by atoms with Crippen LogP contribution in [0.4, 0.5) is 0 Å². The number of carbonyl (C=O) groups excluding carboxylic acids is 1. The molecule has 0 amide bonds. The normalized spacial score (nSPS) is 15.0. The molecule has 0 spiro atoms. The minimum atomic E-state index is -0.284. The third-order valence-corrected chi connectivity index (χ3v) is 2.69. The number of aromatic hydroxyl groups is 1. The fraction of sp³-hybridized carbons (Fsp3) is 0.417. The SMILES string of the molecule is COC(=O)Cc1ccc(C2CC2)c(O)c1. The lowest BCUT2D eigenvalue weighted by molar-refractivity contribution is -0.139. The van der Waals surface area contributed by atoms with Crippen molar-refractivity contribution in [3.63, 3.8) is 0 Å². The Morgan fingerprint density at radius 2 is 2.27 bits per heavy atom. The van der Waals surface area contributed by atoms with Crippen molar-refractivity contribution >= 4 is 5.97 Å². The maximum Gasteiger partial charge on any atom is 0.309 e. The highest BCUT2D eigenvalue weighted by molar-refractivity contribution is 5.72. The van der Waals surface area contributed by atoms with Gasteiger partial charge in [-0.1, -0.05) is 12.1 Å². The summed E-state index contributed by atoms with van der Waals surface area (Å²) in [5, 5.41) is 9.74. The van der Waals surface area contributed by atoms with Crippen LogP contribution in [0, 0.1) is 0 Å². The number of phenolic OH excluding ortho intramolecular Hbond substituents is 1. The molecule has 0 aliphatic heterocycles. The first-order valence-electron chi connectivity index (χ1n) is 5.09. The highest BCUT2D eigenvalue weighted by Crippen LogP contribution is 2.44. The Morgan fingerprint density at radius 1 is 1.53 bits per heavy atom. The first-order chi connectivity index (χ1) is 7.20. The van der Waals surface area contributed by atoms with Crippen molar-refractivity contribution in [3.8, 4) is 5.75 Å². The summed E-state index contributed by atoms with van der Waals surface area (Å²) in [5.74, 6) is 0.546. The van der Waals surface area contributed by atoms with Crippen molar-refractivity contribution in [2.24, 2.45) is 0 Å². The average Bonchev–Trinajstić information content (AvgIpc) is 3.01. The zero-order chi connectivity index (χ0) is 10.8. The summed E-state index contributed by atoms with van der Waals surface area (Å²) in [4.78, 5) is 11.0. The molecule has 80 valence electrons. The predicted molar refractivity (Wildman–Crippen MR) is 55.8 cm³/mol. The number of benzene rings is 1. The Labute approximate surface area is 88.7 Å². The molecule has 1 aliphatic carbocycles. The molecule has 1 fully saturated rings. The van der Waals surface area contributed by atoms with Gasteiger partial charge >= 0.3 is 5.97 Å². The van der Waals surface area contributed by atoms with Gasteiger partial charge in [-0.05, 0) is 36.0 Å². The van der Waals surface area contributed by atoms with E-state index in [4.69, 9.17) is 0 Å². The largest absolute Gasteiger partial charge is 0.508 e. The van der Waals surface area contributed by atoms with Crippen LogP contribution in [0.25, 0.3) is 0 Å². The van der Waals surface area contributed by atoms with E-state index in [2.05, 4.69) is 4.74 Å². The van der Waals surface area contributed by atoms with Crippen molar-refractivity contribution < 1.29 is 14.6 Å². The van der Waals surface area contributed by atoms with Crippen LogP contribution in [-0.4, -0.2) is 18.2 Å². The van der Waals surface area contributed by atoms with E-state index < -0.39 is 0 Å². The van der Waals surface area contributed by atoms with Crippen molar-refractivity contribution in [1.82, 2.24) is 0 Å². The summed E-state index contributed by atoms with van der Waals surface area (Å²) < 4.78 is 4.56. The predicted octanol–water partition coefficient (Wildman–Crippen LogP) is 1.99. The molecule has 3 nitrogen and oxygen atoms in total. The average molecular weight is 206 g/mol. The Kier molecular flexibility index (Phi) is 2.62. The van der Waals surface area contributed by atoms with Gasteiger partial charge < -0.3 is 9.84 Å². The fourth-order valence-electron chi connectivity index (χ4n) is 1.68. The van der Waals surface area contributed by atoms with Gasteiger partial charge in [0, 0.05) is 0 Å². The van der Waals surface area contributed by atoms with Gasteiger partial charge in [-0.15, -0.1) is 0 Å². The minimum absolute atomic E-state index is 0.217. The summed E-state index contributed by atoms with van der Waals surface area (Å²) in [6.07, 6.45) is 2.53. The quantitative estimate of drug-likeness (QED) is 0.769. The van der Waals surface area contributed by atoms with E-state index in [-0.39, 0.29) is 12.4 Å². The molecule has 0 radical (unpaired) electrons. The number of hydrogen-bond donors (Lipinski definition) is 1. The van der Waals surface area contributed by atoms with Crippen LogP contribution in [0.1, 0.15) is 29.9 Å². The molecule has 1 aromatic carbocycles. The Bertz CT molecular complexity index is 380. The molecule has 15 heavy (non-hydrogen) atoms. The van der Waals surface area contributed by atoms with Crippen molar-refractivity contribution in [2.45, 2.75) is 25.2 Å². The highest BCUT2D eigenvalue weighted by atomic mass is 16.5. The monoisotopic (exact) mass is 206 g/mol. The Morgan fingerprint density at radius 3 is 2.80 bits per heavy atom. The number of rotatable bonds is 3. The molecule has 1 aliphatic rings. The van der Waals surface area contributed by atoms with Gasteiger partial charge in [0.25, 0.3) is 0 Å². The number of carbonyl (C=O) groups is 1. The molecule has 0 saturated heterocycles. The molecule has 1 saturated carbocycles. The summed E-state index contributed by atoms with van der Waals surface area (Å²) in [5.41, 5.74) is 1.80. The summed E-state index contributed by atoms with van der Waals surface area (Å²) >= 11 is 0. The van der Waals surface area contributed by atoms with Crippen LogP contribution in [-0.2, 0) is 16.0 Å². The van der Waals surface area contributed by atoms with E-state index in [9.17, 15) is 9.90 Å². The molecule has 0 atom stereocenters. The number of esters is 1. The van der Waals surface area contributed by atoms with Crippen LogP contribution < -0.4 is 0 Å². The first kappa shape index (κ1) is 10.0. The number of methoxy groups -OCH3 is 1. The number of ether oxygens (including phenoxy) is 1. The molecular formula is C12H14O3. The lowest BCUT2D eigenvalue weighted by Gasteiger charge is -2.05. The smallest absolute Gasteiger partial charge is 0.309 e. The van der Waals surface area contributed by atoms with Crippen molar-refractivity contribution in [3.05, 3.63) is 29.3 Å². The van der Waals surface area contributed by atoms with Gasteiger partial charge in [0.1, 0.15) is 5.75 Å². The van der Waals surface area contributed by atoms with Crippen LogP contribution in [0.3, 0.4) is 0 Å². The summed E-state index contributed by atoms with van der Waals surface area (Å²) in [7, 11) is 1.36. The number of phenols is 1. The molecule has 0 heterocycles. The van der Waals surface area contributed by atoms with E-state index in [0.717, 1.165) is 24.0 Å². The van der Waals surface area contributed by atoms with E-state index in [1.54, 1.807) is 6.07 Å². The van der Waals surface area contributed by atoms with Gasteiger partial charge in [-0.3, -0.25) is 4.79 Å². The second kappa shape index (κ2) is 3.93. The van der Waals surface area contributed by atoms with Gasteiger partial charge in [0.15, 0.2) is 0 Å². The fourth-order valence-corrected chi connectivity index (χ4v) is 1.68. The number of hydrogen-bond acceptors (Lipinski definition) is 3. The van der Waals surface area contributed by atoms with E-state index in [0.29, 0.717) is 11.7 Å². The molecule has 2 rings (SSSR count). The molecule has 0 unspecified atom stereocenters. The van der Waals surface area contributed by atoms with Crippen LogP contribution in [0.5, 0.6) is 5.75 Å². The maximum absolute atomic E-state index is 11.0. The second-order valence-electron chi connectivity index (χ2n) is 3.92. The zero-order valence-electron chi connectivity index (χ0n) is 8.69. The molecule has 1 N–H and O–H groups in total. The molecular weight excluding hydrogens is 192 g/mol.